The molecule has 0 amide bonds. The van der Waals surface area contributed by atoms with E-state index in [0.717, 1.165) is 17.0 Å². The van der Waals surface area contributed by atoms with E-state index in [1.54, 1.807) is 0 Å². The van der Waals surface area contributed by atoms with Gasteiger partial charge in [0.2, 0.25) is 0 Å². The summed E-state index contributed by atoms with van der Waals surface area (Å²) in [6.45, 7) is 0. The topological polar surface area (TPSA) is 67.8 Å². The van der Waals surface area contributed by atoms with Crippen molar-refractivity contribution in [2.75, 3.05) is 12.5 Å². The molecule has 0 aromatic heterocycles. The number of para-hydroxylation sites is 1. The molecule has 2 atom stereocenters. The highest BCUT2D eigenvalue weighted by molar-refractivity contribution is 6.13. The van der Waals surface area contributed by atoms with Crippen molar-refractivity contribution in [3.8, 4) is 0 Å². The molecule has 1 fully saturated rings. The molecule has 0 spiro atoms. The maximum atomic E-state index is 12.6. The fourth-order valence-electron chi connectivity index (χ4n) is 3.15. The molecular weight excluding hydrogens is 316 g/mol. The molecule has 3 rings (SSSR count). The number of ether oxygens (including phenoxy) is 1. The Morgan fingerprint density at radius 2 is 1.72 bits per heavy atom. The lowest BCUT2D eigenvalue weighted by molar-refractivity contribution is -0.150. The van der Waals surface area contributed by atoms with Crippen molar-refractivity contribution in [3.05, 3.63) is 66.2 Å². The first-order valence-electron chi connectivity index (χ1n) is 8.21. The minimum Gasteiger partial charge on any atom is -0.468 e. The fraction of sp³-hybridized carbons (Fsp3) is 0.250. The summed E-state index contributed by atoms with van der Waals surface area (Å²) in [6.07, 6.45) is 0.693. The van der Waals surface area contributed by atoms with E-state index >= 15 is 0 Å². The summed E-state index contributed by atoms with van der Waals surface area (Å²) in [5, 5.41) is 4.39. The van der Waals surface area contributed by atoms with Crippen LogP contribution < -0.4 is 5.43 Å². The average Bonchev–Trinajstić information content (AvgIpc) is 2.67. The molecule has 0 heterocycles. The molecule has 25 heavy (non-hydrogen) atoms. The largest absolute Gasteiger partial charge is 0.468 e. The van der Waals surface area contributed by atoms with Crippen LogP contribution in [0.4, 0.5) is 5.69 Å². The van der Waals surface area contributed by atoms with Gasteiger partial charge in [-0.3, -0.25) is 15.0 Å². The molecule has 1 N–H and O–H groups in total. The molecule has 5 nitrogen and oxygen atoms in total. The van der Waals surface area contributed by atoms with Crippen molar-refractivity contribution in [3.63, 3.8) is 0 Å². The van der Waals surface area contributed by atoms with Crippen LogP contribution in [0.3, 0.4) is 0 Å². The van der Waals surface area contributed by atoms with E-state index in [1.807, 2.05) is 60.7 Å². The number of hydrogen-bond acceptors (Lipinski definition) is 5. The van der Waals surface area contributed by atoms with Crippen LogP contribution in [0.15, 0.2) is 65.8 Å². The Bertz CT molecular complexity index is 772. The Balaban J connectivity index is 1.85. The lowest BCUT2D eigenvalue weighted by Gasteiger charge is -2.29. The number of hydrogen-bond donors (Lipinski definition) is 1. The molecule has 2 aromatic rings. The lowest BCUT2D eigenvalue weighted by Crippen LogP contribution is -2.38. The predicted octanol–water partition coefficient (Wildman–Crippen LogP) is 3.39. The smallest absolute Gasteiger partial charge is 0.316 e. The molecule has 5 heteroatoms. The van der Waals surface area contributed by atoms with Gasteiger partial charge in [-0.2, -0.15) is 5.10 Å². The SMILES string of the molecule is COC(=O)[C@H]1C(=O)C/C(=N\Nc2ccccc2)C[C@H]1c1ccccc1. The third-order valence-corrected chi connectivity index (χ3v) is 4.38. The van der Waals surface area contributed by atoms with Gasteiger partial charge in [0.05, 0.1) is 12.8 Å². The maximum Gasteiger partial charge on any atom is 0.316 e. The van der Waals surface area contributed by atoms with Gasteiger partial charge in [-0.25, -0.2) is 0 Å². The number of carbonyl (C=O) groups is 2. The van der Waals surface area contributed by atoms with E-state index < -0.39 is 11.9 Å². The highest BCUT2D eigenvalue weighted by atomic mass is 16.5. The summed E-state index contributed by atoms with van der Waals surface area (Å²) < 4.78 is 4.86. The van der Waals surface area contributed by atoms with Crippen LogP contribution in [0.1, 0.15) is 24.3 Å². The number of ketones is 1. The molecule has 0 aliphatic heterocycles. The second-order valence-electron chi connectivity index (χ2n) is 6.02. The number of esters is 1. The fourth-order valence-corrected chi connectivity index (χ4v) is 3.15. The van der Waals surface area contributed by atoms with Crippen LogP contribution in [0.5, 0.6) is 0 Å². The molecule has 128 valence electrons. The summed E-state index contributed by atoms with van der Waals surface area (Å²) in [5.74, 6) is -1.66. The van der Waals surface area contributed by atoms with Crippen molar-refractivity contribution in [1.29, 1.82) is 0 Å². The normalized spacial score (nSPS) is 21.8. The summed E-state index contributed by atoms with van der Waals surface area (Å²) >= 11 is 0. The van der Waals surface area contributed by atoms with Crippen LogP contribution in [0.25, 0.3) is 0 Å². The molecule has 1 saturated carbocycles. The van der Waals surface area contributed by atoms with Gasteiger partial charge in [-0.05, 0) is 24.1 Å². The summed E-state index contributed by atoms with van der Waals surface area (Å²) in [5.41, 5.74) is 5.52. The minimum atomic E-state index is -0.775. The summed E-state index contributed by atoms with van der Waals surface area (Å²) in [4.78, 5) is 24.7. The predicted molar refractivity (Wildman–Crippen MR) is 96.4 cm³/mol. The zero-order chi connectivity index (χ0) is 17.6. The number of Topliss-reactive ketones (excluding diaryl/α,β-unsaturated/α-hetero) is 1. The van der Waals surface area contributed by atoms with Crippen molar-refractivity contribution in [2.24, 2.45) is 11.0 Å². The number of anilines is 1. The van der Waals surface area contributed by atoms with Gasteiger partial charge in [0.1, 0.15) is 5.92 Å². The maximum absolute atomic E-state index is 12.6. The standard InChI is InChI=1S/C20H20N2O3/c1-25-20(24)19-17(14-8-4-2-5-9-14)12-16(13-18(19)23)22-21-15-10-6-3-7-11-15/h2-11,17,19,21H,12-13H2,1H3/b22-16-/t17-,19+/m0/s1. The van der Waals surface area contributed by atoms with E-state index in [0.29, 0.717) is 6.42 Å². The van der Waals surface area contributed by atoms with Crippen LogP contribution >= 0.6 is 0 Å². The molecule has 0 radical (unpaired) electrons. The van der Waals surface area contributed by atoms with Crippen molar-refractivity contribution >= 4 is 23.2 Å². The highest BCUT2D eigenvalue weighted by Crippen LogP contribution is 2.35. The van der Waals surface area contributed by atoms with Gasteiger partial charge in [0.25, 0.3) is 0 Å². The molecule has 2 aromatic carbocycles. The quantitative estimate of drug-likeness (QED) is 0.528. The first-order valence-corrected chi connectivity index (χ1v) is 8.21. The molecule has 0 bridgehead atoms. The number of carbonyl (C=O) groups excluding carboxylic acids is 2. The van der Waals surface area contributed by atoms with Crippen molar-refractivity contribution in [1.82, 2.24) is 0 Å². The van der Waals surface area contributed by atoms with Gasteiger partial charge in [-0.1, -0.05) is 48.5 Å². The minimum absolute atomic E-state index is 0.152. The third-order valence-electron chi connectivity index (χ3n) is 4.38. The second kappa shape index (κ2) is 7.75. The Hall–Kier alpha value is -2.95. The zero-order valence-corrected chi connectivity index (χ0v) is 14.0. The lowest BCUT2D eigenvalue weighted by atomic mass is 9.74. The molecule has 1 aliphatic carbocycles. The highest BCUT2D eigenvalue weighted by Gasteiger charge is 2.41. The van der Waals surface area contributed by atoms with Crippen LogP contribution in [0.2, 0.25) is 0 Å². The monoisotopic (exact) mass is 336 g/mol. The number of nitrogens with one attached hydrogen (secondary N) is 1. The van der Waals surface area contributed by atoms with E-state index in [9.17, 15) is 9.59 Å². The Labute approximate surface area is 146 Å². The Morgan fingerprint density at radius 3 is 2.36 bits per heavy atom. The first-order chi connectivity index (χ1) is 12.2. The van der Waals surface area contributed by atoms with Crippen LogP contribution in [-0.4, -0.2) is 24.6 Å². The van der Waals surface area contributed by atoms with E-state index in [-0.39, 0.29) is 18.1 Å². The van der Waals surface area contributed by atoms with Gasteiger partial charge < -0.3 is 4.74 Å². The second-order valence-corrected chi connectivity index (χ2v) is 6.02. The third kappa shape index (κ3) is 3.94. The number of rotatable bonds is 4. The van der Waals surface area contributed by atoms with Gasteiger partial charge >= 0.3 is 5.97 Å². The summed E-state index contributed by atoms with van der Waals surface area (Å²) in [6, 6.07) is 19.1. The van der Waals surface area contributed by atoms with E-state index in [2.05, 4.69) is 10.5 Å². The number of nitrogens with zero attached hydrogens (tertiary/aromatic N) is 1. The Morgan fingerprint density at radius 1 is 1.08 bits per heavy atom. The first kappa shape index (κ1) is 16.9. The van der Waals surface area contributed by atoms with Crippen molar-refractivity contribution < 1.29 is 14.3 Å². The van der Waals surface area contributed by atoms with E-state index in [4.69, 9.17) is 4.74 Å². The van der Waals surface area contributed by atoms with Crippen molar-refractivity contribution in [2.45, 2.75) is 18.8 Å². The molecule has 0 saturated heterocycles. The van der Waals surface area contributed by atoms with Gasteiger partial charge in [0.15, 0.2) is 5.78 Å². The summed E-state index contributed by atoms with van der Waals surface area (Å²) in [7, 11) is 1.32. The van der Waals surface area contributed by atoms with Gasteiger partial charge in [0, 0.05) is 18.1 Å². The Kier molecular flexibility index (Phi) is 5.23. The number of hydrazone groups is 1. The van der Waals surface area contributed by atoms with Crippen LogP contribution in [-0.2, 0) is 14.3 Å². The molecule has 1 aliphatic rings. The zero-order valence-electron chi connectivity index (χ0n) is 14.0. The molecule has 0 unspecified atom stereocenters. The van der Waals surface area contributed by atoms with Gasteiger partial charge in [-0.15, -0.1) is 0 Å². The number of methoxy groups -OCH3 is 1. The average molecular weight is 336 g/mol. The van der Waals surface area contributed by atoms with E-state index in [1.165, 1.54) is 7.11 Å². The molecular formula is C20H20N2O3. The van der Waals surface area contributed by atoms with Crippen LogP contribution in [0, 0.1) is 5.92 Å². The number of benzene rings is 2.